The van der Waals surface area contributed by atoms with Gasteiger partial charge in [-0.3, -0.25) is 0 Å². The van der Waals surface area contributed by atoms with Crippen LogP contribution in [0.15, 0.2) is 42.6 Å². The van der Waals surface area contributed by atoms with Gasteiger partial charge in [-0.05, 0) is 36.4 Å². The van der Waals surface area contributed by atoms with Crippen LogP contribution in [0.25, 0.3) is 0 Å². The zero-order chi connectivity index (χ0) is 17.2. The molecule has 0 spiro atoms. The number of halogens is 2. The summed E-state index contributed by atoms with van der Waals surface area (Å²) < 4.78 is 30.8. The van der Waals surface area contributed by atoms with Gasteiger partial charge in [0, 0.05) is 19.3 Å². The number of ether oxygens (including phenoxy) is 3. The molecule has 2 aliphatic rings. The molecule has 2 saturated heterocycles. The molecule has 1 aromatic heterocycles. The van der Waals surface area contributed by atoms with E-state index in [4.69, 9.17) is 25.8 Å². The van der Waals surface area contributed by atoms with Gasteiger partial charge in [-0.15, -0.1) is 0 Å². The summed E-state index contributed by atoms with van der Waals surface area (Å²) in [6.07, 6.45) is 1.40. The van der Waals surface area contributed by atoms with Crippen molar-refractivity contribution in [1.82, 2.24) is 4.98 Å². The molecule has 3 heterocycles. The highest BCUT2D eigenvalue weighted by atomic mass is 35.5. The van der Waals surface area contributed by atoms with Crippen LogP contribution in [0.4, 0.5) is 10.2 Å². The normalized spacial score (nSPS) is 24.0. The minimum atomic E-state index is -0.288. The first-order valence-electron chi connectivity index (χ1n) is 8.20. The lowest BCUT2D eigenvalue weighted by atomic mass is 10.3. The van der Waals surface area contributed by atoms with Crippen molar-refractivity contribution in [2.75, 3.05) is 31.2 Å². The van der Waals surface area contributed by atoms with E-state index in [2.05, 4.69) is 9.88 Å². The summed E-state index contributed by atoms with van der Waals surface area (Å²) in [5.74, 6) is 1.07. The molecule has 2 aromatic rings. The van der Waals surface area contributed by atoms with E-state index in [0.29, 0.717) is 37.1 Å². The summed E-state index contributed by atoms with van der Waals surface area (Å²) in [6.45, 7) is 2.18. The molecule has 0 saturated carbocycles. The molecule has 0 amide bonds. The van der Waals surface area contributed by atoms with E-state index in [1.807, 2.05) is 12.1 Å². The second-order valence-corrected chi connectivity index (χ2v) is 6.56. The number of hydrogen-bond acceptors (Lipinski definition) is 5. The van der Waals surface area contributed by atoms with Gasteiger partial charge in [-0.1, -0.05) is 11.6 Å². The Hall–Kier alpha value is -1.89. The fourth-order valence-corrected chi connectivity index (χ4v) is 3.37. The van der Waals surface area contributed by atoms with Gasteiger partial charge in [0.25, 0.3) is 0 Å². The average molecular weight is 365 g/mol. The predicted molar refractivity (Wildman–Crippen MR) is 91.8 cm³/mol. The topological polar surface area (TPSA) is 43.8 Å². The van der Waals surface area contributed by atoms with Gasteiger partial charge in [0.1, 0.15) is 35.7 Å². The molecule has 4 rings (SSSR count). The Morgan fingerprint density at radius 2 is 1.76 bits per heavy atom. The maximum Gasteiger partial charge on any atom is 0.147 e. The number of rotatable bonds is 3. The van der Waals surface area contributed by atoms with E-state index in [1.54, 1.807) is 18.3 Å². The lowest BCUT2D eigenvalue weighted by Crippen LogP contribution is -2.29. The largest absolute Gasteiger partial charge is 0.486 e. The molecule has 132 valence electrons. The van der Waals surface area contributed by atoms with Gasteiger partial charge in [-0.25, -0.2) is 9.37 Å². The molecule has 2 atom stereocenters. The van der Waals surface area contributed by atoms with E-state index in [-0.39, 0.29) is 24.1 Å². The molecule has 25 heavy (non-hydrogen) atoms. The molecule has 0 bridgehead atoms. The van der Waals surface area contributed by atoms with Crippen molar-refractivity contribution in [3.63, 3.8) is 0 Å². The molecular formula is C18H18ClFN2O3. The third kappa shape index (κ3) is 3.71. The summed E-state index contributed by atoms with van der Waals surface area (Å²) in [7, 11) is 0. The highest BCUT2D eigenvalue weighted by Crippen LogP contribution is 2.29. The lowest BCUT2D eigenvalue weighted by molar-refractivity contribution is -0.00461. The smallest absolute Gasteiger partial charge is 0.147 e. The van der Waals surface area contributed by atoms with Crippen molar-refractivity contribution in [3.8, 4) is 5.75 Å². The number of benzene rings is 1. The van der Waals surface area contributed by atoms with Crippen LogP contribution in [0.1, 0.15) is 0 Å². The van der Waals surface area contributed by atoms with E-state index in [9.17, 15) is 4.39 Å². The fraction of sp³-hybridized carbons (Fsp3) is 0.389. The van der Waals surface area contributed by atoms with Crippen molar-refractivity contribution in [2.24, 2.45) is 0 Å². The Balaban J connectivity index is 1.37. The van der Waals surface area contributed by atoms with Gasteiger partial charge >= 0.3 is 0 Å². The molecule has 0 N–H and O–H groups in total. The Labute approximate surface area is 150 Å². The zero-order valence-corrected chi connectivity index (χ0v) is 14.2. The summed E-state index contributed by atoms with van der Waals surface area (Å²) >= 11 is 6.23. The fourth-order valence-electron chi connectivity index (χ4n) is 3.13. The lowest BCUT2D eigenvalue weighted by Gasteiger charge is -2.20. The van der Waals surface area contributed by atoms with Crippen LogP contribution < -0.4 is 9.64 Å². The van der Waals surface area contributed by atoms with Crippen molar-refractivity contribution in [2.45, 2.75) is 18.3 Å². The number of fused-ring (bicyclic) bond motifs is 1. The summed E-state index contributed by atoms with van der Waals surface area (Å²) in [5.41, 5.74) is 0. The molecule has 7 heteroatoms. The minimum absolute atomic E-state index is 0.0557. The number of nitrogens with zero attached hydrogens (tertiary/aromatic N) is 2. The zero-order valence-electron chi connectivity index (χ0n) is 13.5. The van der Waals surface area contributed by atoms with E-state index in [0.717, 1.165) is 5.82 Å². The van der Waals surface area contributed by atoms with Gasteiger partial charge in [-0.2, -0.15) is 0 Å². The molecule has 0 unspecified atom stereocenters. The maximum atomic E-state index is 13.0. The van der Waals surface area contributed by atoms with Gasteiger partial charge in [0.15, 0.2) is 0 Å². The standard InChI is InChI=1S/C18H18ClFN2O3/c19-15-2-1-7-21-18(15)22-8-16-17(9-22)24-11-14(10-23-16)25-13-5-3-12(20)4-6-13/h1-7,14,16-17H,8-11H2/t16-,17-/m0/s1. The summed E-state index contributed by atoms with van der Waals surface area (Å²) in [5, 5.41) is 0.622. The predicted octanol–water partition coefficient (Wildman–Crippen LogP) is 2.93. The first-order valence-corrected chi connectivity index (χ1v) is 8.58. The van der Waals surface area contributed by atoms with E-state index in [1.165, 1.54) is 12.1 Å². The first kappa shape index (κ1) is 16.6. The van der Waals surface area contributed by atoms with Crippen LogP contribution in [0.2, 0.25) is 5.02 Å². The van der Waals surface area contributed by atoms with Crippen LogP contribution >= 0.6 is 11.6 Å². The molecule has 0 aliphatic carbocycles. The molecule has 5 nitrogen and oxygen atoms in total. The second-order valence-electron chi connectivity index (χ2n) is 6.15. The van der Waals surface area contributed by atoms with Crippen molar-refractivity contribution >= 4 is 17.4 Å². The summed E-state index contributed by atoms with van der Waals surface area (Å²) in [4.78, 5) is 6.43. The highest BCUT2D eigenvalue weighted by Gasteiger charge is 2.38. The van der Waals surface area contributed by atoms with Gasteiger partial charge in [0.2, 0.25) is 0 Å². The van der Waals surface area contributed by atoms with E-state index < -0.39 is 0 Å². The number of hydrogen-bond donors (Lipinski definition) is 0. The number of anilines is 1. The number of aromatic nitrogens is 1. The third-order valence-electron chi connectivity index (χ3n) is 4.36. The van der Waals surface area contributed by atoms with E-state index >= 15 is 0 Å². The van der Waals surface area contributed by atoms with Crippen molar-refractivity contribution in [1.29, 1.82) is 0 Å². The van der Waals surface area contributed by atoms with Crippen LogP contribution in [-0.4, -0.2) is 49.6 Å². The van der Waals surface area contributed by atoms with Gasteiger partial charge < -0.3 is 19.1 Å². The van der Waals surface area contributed by atoms with Crippen LogP contribution in [-0.2, 0) is 9.47 Å². The van der Waals surface area contributed by atoms with Crippen molar-refractivity contribution < 1.29 is 18.6 Å². The third-order valence-corrected chi connectivity index (χ3v) is 4.66. The SMILES string of the molecule is Fc1ccc(OC2CO[C@H]3CN(c4ncccc4Cl)C[C@@H]3OC2)cc1. The molecule has 2 aliphatic heterocycles. The number of pyridine rings is 1. The van der Waals surface area contributed by atoms with Crippen molar-refractivity contribution in [3.05, 3.63) is 53.4 Å². The first-order chi connectivity index (χ1) is 12.2. The van der Waals surface area contributed by atoms with Crippen LogP contribution in [0, 0.1) is 5.82 Å². The van der Waals surface area contributed by atoms with Crippen LogP contribution in [0.3, 0.4) is 0 Å². The monoisotopic (exact) mass is 364 g/mol. The Kier molecular flexibility index (Phi) is 4.74. The summed E-state index contributed by atoms with van der Waals surface area (Å²) in [6, 6.07) is 9.59. The molecular weight excluding hydrogens is 347 g/mol. The quantitative estimate of drug-likeness (QED) is 0.837. The minimum Gasteiger partial charge on any atom is -0.486 e. The molecule has 0 radical (unpaired) electrons. The second kappa shape index (κ2) is 7.15. The van der Waals surface area contributed by atoms with Crippen LogP contribution in [0.5, 0.6) is 5.75 Å². The Bertz CT molecular complexity index is 715. The highest BCUT2D eigenvalue weighted by molar-refractivity contribution is 6.32. The maximum absolute atomic E-state index is 13.0. The average Bonchev–Trinajstić information content (AvgIpc) is 2.93. The Morgan fingerprint density at radius 1 is 1.08 bits per heavy atom. The molecule has 2 fully saturated rings. The Morgan fingerprint density at radius 3 is 2.40 bits per heavy atom. The molecule has 1 aromatic carbocycles. The van der Waals surface area contributed by atoms with Gasteiger partial charge in [0.05, 0.1) is 18.2 Å².